The highest BCUT2D eigenvalue weighted by Crippen LogP contribution is 2.48. The van der Waals surface area contributed by atoms with Crippen LogP contribution < -0.4 is 15.0 Å². The summed E-state index contributed by atoms with van der Waals surface area (Å²) in [5.74, 6) is 1.79. The van der Waals surface area contributed by atoms with Crippen LogP contribution in [-0.4, -0.2) is 47.8 Å². The highest BCUT2D eigenvalue weighted by Gasteiger charge is 2.36. The SMILES string of the molecule is Cc1ccc([C@H]2c3ccc(O)cc3Oc3nc[n+](CCN4CCOCC4)c(N)c32)cc1. The molecule has 31 heavy (non-hydrogen) atoms. The van der Waals surface area contributed by atoms with Gasteiger partial charge < -0.3 is 20.3 Å². The molecular weight excluding hydrogens is 392 g/mol. The van der Waals surface area contributed by atoms with E-state index in [1.165, 1.54) is 5.56 Å². The number of anilines is 1. The number of aromatic nitrogens is 2. The van der Waals surface area contributed by atoms with Gasteiger partial charge in [0.1, 0.15) is 17.1 Å². The number of hydrogen-bond acceptors (Lipinski definition) is 6. The highest BCUT2D eigenvalue weighted by molar-refractivity contribution is 5.62. The van der Waals surface area contributed by atoms with Crippen molar-refractivity contribution in [3.05, 3.63) is 71.0 Å². The number of morpholine rings is 1. The van der Waals surface area contributed by atoms with Crippen LogP contribution in [0, 0.1) is 6.92 Å². The average Bonchev–Trinajstić information content (AvgIpc) is 2.78. The van der Waals surface area contributed by atoms with Crippen molar-refractivity contribution in [2.45, 2.75) is 19.4 Å². The molecule has 2 aliphatic rings. The highest BCUT2D eigenvalue weighted by atomic mass is 16.5. The Balaban J connectivity index is 1.55. The lowest BCUT2D eigenvalue weighted by Gasteiger charge is -2.28. The van der Waals surface area contributed by atoms with Crippen molar-refractivity contribution in [1.82, 2.24) is 9.88 Å². The van der Waals surface area contributed by atoms with Crippen LogP contribution in [0.5, 0.6) is 17.4 Å². The second-order valence-corrected chi connectivity index (χ2v) is 8.16. The summed E-state index contributed by atoms with van der Waals surface area (Å²) in [4.78, 5) is 6.98. The van der Waals surface area contributed by atoms with Crippen molar-refractivity contribution in [2.75, 3.05) is 38.6 Å². The molecule has 0 aliphatic carbocycles. The molecule has 3 N–H and O–H groups in total. The second kappa shape index (κ2) is 8.17. The quantitative estimate of drug-likeness (QED) is 0.495. The molecule has 1 atom stereocenters. The Labute approximate surface area is 181 Å². The summed E-state index contributed by atoms with van der Waals surface area (Å²) in [5.41, 5.74) is 10.9. The van der Waals surface area contributed by atoms with Gasteiger partial charge >= 0.3 is 5.88 Å². The summed E-state index contributed by atoms with van der Waals surface area (Å²) in [6.07, 6.45) is 1.74. The molecule has 5 rings (SSSR count). The molecule has 7 nitrogen and oxygen atoms in total. The van der Waals surface area contributed by atoms with Gasteiger partial charge in [-0.2, -0.15) is 0 Å². The fourth-order valence-electron chi connectivity index (χ4n) is 4.34. The number of nitrogens with two attached hydrogens (primary N) is 1. The van der Waals surface area contributed by atoms with E-state index < -0.39 is 0 Å². The normalized spacial score (nSPS) is 18.2. The summed E-state index contributed by atoms with van der Waals surface area (Å²) in [6.45, 7) is 7.12. The predicted molar refractivity (Wildman–Crippen MR) is 116 cm³/mol. The maximum atomic E-state index is 9.98. The predicted octanol–water partition coefficient (Wildman–Crippen LogP) is 2.58. The molecule has 3 heterocycles. The van der Waals surface area contributed by atoms with Gasteiger partial charge in [-0.05, 0) is 18.6 Å². The first-order chi connectivity index (χ1) is 15.1. The number of phenolic OH excluding ortho intramolecular Hbond substituents is 1. The van der Waals surface area contributed by atoms with E-state index in [-0.39, 0.29) is 11.7 Å². The zero-order valence-electron chi connectivity index (χ0n) is 17.6. The average molecular weight is 420 g/mol. The minimum absolute atomic E-state index is 0.122. The maximum Gasteiger partial charge on any atom is 0.306 e. The van der Waals surface area contributed by atoms with Gasteiger partial charge in [0, 0.05) is 31.3 Å². The van der Waals surface area contributed by atoms with Crippen molar-refractivity contribution in [3.8, 4) is 17.4 Å². The molecule has 0 amide bonds. The molecule has 0 spiro atoms. The number of nitrogen functional groups attached to an aromatic ring is 1. The molecule has 1 aromatic heterocycles. The topological polar surface area (TPSA) is 84.7 Å². The van der Waals surface area contributed by atoms with E-state index in [9.17, 15) is 5.11 Å². The van der Waals surface area contributed by atoms with E-state index in [0.29, 0.717) is 17.4 Å². The first-order valence-electron chi connectivity index (χ1n) is 10.7. The number of rotatable bonds is 4. The fraction of sp³-hybridized carbons (Fsp3) is 0.333. The van der Waals surface area contributed by atoms with Crippen molar-refractivity contribution in [3.63, 3.8) is 0 Å². The largest absolute Gasteiger partial charge is 0.508 e. The van der Waals surface area contributed by atoms with Crippen LogP contribution in [-0.2, 0) is 11.3 Å². The van der Waals surface area contributed by atoms with Gasteiger partial charge in [-0.15, -0.1) is 0 Å². The van der Waals surface area contributed by atoms with Crippen molar-refractivity contribution in [1.29, 1.82) is 0 Å². The van der Waals surface area contributed by atoms with Gasteiger partial charge in [0.15, 0.2) is 0 Å². The molecule has 2 aromatic carbocycles. The van der Waals surface area contributed by atoms with E-state index in [1.807, 2.05) is 10.6 Å². The molecule has 0 bridgehead atoms. The summed E-state index contributed by atoms with van der Waals surface area (Å²) < 4.78 is 13.5. The van der Waals surface area contributed by atoms with Gasteiger partial charge in [0.05, 0.1) is 25.7 Å². The summed E-state index contributed by atoms with van der Waals surface area (Å²) in [6, 6.07) is 13.7. The van der Waals surface area contributed by atoms with E-state index in [4.69, 9.17) is 15.2 Å². The zero-order chi connectivity index (χ0) is 21.4. The van der Waals surface area contributed by atoms with E-state index >= 15 is 0 Å². The first kappa shape index (κ1) is 19.8. The molecule has 0 saturated carbocycles. The smallest absolute Gasteiger partial charge is 0.306 e. The van der Waals surface area contributed by atoms with Gasteiger partial charge in [-0.3, -0.25) is 4.90 Å². The Hall–Kier alpha value is -3.16. The summed E-state index contributed by atoms with van der Waals surface area (Å²) in [5, 5.41) is 9.98. The monoisotopic (exact) mass is 419 g/mol. The van der Waals surface area contributed by atoms with Crippen LogP contribution in [0.3, 0.4) is 0 Å². The number of nitrogens with zero attached hydrogens (tertiary/aromatic N) is 3. The lowest BCUT2D eigenvalue weighted by molar-refractivity contribution is -0.685. The Morgan fingerprint density at radius 3 is 2.71 bits per heavy atom. The van der Waals surface area contributed by atoms with Crippen LogP contribution in [0.1, 0.15) is 28.2 Å². The minimum atomic E-state index is -0.122. The van der Waals surface area contributed by atoms with Gasteiger partial charge in [0.25, 0.3) is 0 Å². The number of ether oxygens (including phenoxy) is 2. The summed E-state index contributed by atoms with van der Waals surface area (Å²) in [7, 11) is 0. The molecule has 7 heteroatoms. The standard InChI is InChI=1S/C24H26N4O3/c1-16-2-4-17(5-3-16)21-19-7-6-18(29)14-20(19)31-24-22(21)23(25)28(15-26-24)9-8-27-10-12-30-13-11-27/h2-7,14-15,21,25,29H,8-13H2,1H3/p+1/t21-/m0/s1. The van der Waals surface area contributed by atoms with E-state index in [1.54, 1.807) is 18.5 Å². The molecule has 0 unspecified atom stereocenters. The van der Waals surface area contributed by atoms with Gasteiger partial charge in [0.2, 0.25) is 12.1 Å². The number of phenols is 1. The second-order valence-electron chi connectivity index (χ2n) is 8.16. The molecule has 1 saturated heterocycles. The van der Waals surface area contributed by atoms with Crippen LogP contribution in [0.4, 0.5) is 5.82 Å². The Morgan fingerprint density at radius 1 is 1.16 bits per heavy atom. The number of hydrogen-bond donors (Lipinski definition) is 2. The van der Waals surface area contributed by atoms with E-state index in [2.05, 4.69) is 41.1 Å². The van der Waals surface area contributed by atoms with Crippen molar-refractivity contribution >= 4 is 5.82 Å². The molecule has 3 aromatic rings. The molecule has 2 aliphatic heterocycles. The van der Waals surface area contributed by atoms with Crippen LogP contribution >= 0.6 is 0 Å². The van der Waals surface area contributed by atoms with Gasteiger partial charge in [-0.1, -0.05) is 40.9 Å². The maximum absolute atomic E-state index is 9.98. The minimum Gasteiger partial charge on any atom is -0.508 e. The van der Waals surface area contributed by atoms with Crippen molar-refractivity contribution in [2.24, 2.45) is 0 Å². The molecule has 160 valence electrons. The number of benzene rings is 2. The molecule has 0 radical (unpaired) electrons. The zero-order valence-corrected chi connectivity index (χ0v) is 17.6. The van der Waals surface area contributed by atoms with Gasteiger partial charge in [-0.25, -0.2) is 4.57 Å². The Bertz CT molecular complexity index is 1090. The van der Waals surface area contributed by atoms with Crippen LogP contribution in [0.15, 0.2) is 48.8 Å². The first-order valence-corrected chi connectivity index (χ1v) is 10.7. The lowest BCUT2D eigenvalue weighted by atomic mass is 9.83. The third kappa shape index (κ3) is 3.82. The fourth-order valence-corrected chi connectivity index (χ4v) is 4.34. The molecular formula is C24H27N4O3+. The number of aromatic hydroxyl groups is 1. The Morgan fingerprint density at radius 2 is 1.94 bits per heavy atom. The summed E-state index contributed by atoms with van der Waals surface area (Å²) >= 11 is 0. The van der Waals surface area contributed by atoms with E-state index in [0.717, 1.165) is 56.1 Å². The molecule has 1 fully saturated rings. The third-order valence-corrected chi connectivity index (χ3v) is 6.11. The Kier molecular flexibility index (Phi) is 5.21. The number of aryl methyl sites for hydroxylation is 1. The third-order valence-electron chi connectivity index (χ3n) is 6.11. The van der Waals surface area contributed by atoms with Crippen molar-refractivity contribution < 1.29 is 19.1 Å². The van der Waals surface area contributed by atoms with Crippen LogP contribution in [0.25, 0.3) is 0 Å². The lowest BCUT2D eigenvalue weighted by Crippen LogP contribution is -2.46. The van der Waals surface area contributed by atoms with Crippen LogP contribution in [0.2, 0.25) is 0 Å². The number of fused-ring (bicyclic) bond motifs is 2.